The zero-order chi connectivity index (χ0) is 19.9. The van der Waals surface area contributed by atoms with Gasteiger partial charge in [0.05, 0.1) is 0 Å². The van der Waals surface area contributed by atoms with Gasteiger partial charge in [-0.2, -0.15) is 0 Å². The van der Waals surface area contributed by atoms with E-state index >= 15 is 0 Å². The van der Waals surface area contributed by atoms with Gasteiger partial charge in [0.1, 0.15) is 11.6 Å². The summed E-state index contributed by atoms with van der Waals surface area (Å²) in [5.74, 6) is -2.03. The molecule has 6 heteroatoms. The van der Waals surface area contributed by atoms with Gasteiger partial charge in [-0.3, -0.25) is 9.59 Å². The van der Waals surface area contributed by atoms with Crippen molar-refractivity contribution < 1.29 is 18.4 Å². The van der Waals surface area contributed by atoms with Crippen molar-refractivity contribution in [2.24, 2.45) is 5.92 Å². The minimum atomic E-state index is -0.695. The zero-order valence-corrected chi connectivity index (χ0v) is 15.7. The van der Waals surface area contributed by atoms with E-state index < -0.39 is 11.6 Å². The third-order valence-corrected chi connectivity index (χ3v) is 5.03. The average Bonchev–Trinajstić information content (AvgIpc) is 2.84. The summed E-state index contributed by atoms with van der Waals surface area (Å²) in [5, 5.41) is 2.64. The first kappa shape index (κ1) is 20.0. The van der Waals surface area contributed by atoms with E-state index in [0.29, 0.717) is 19.5 Å². The number of likely N-dealkylation sites (tertiary alicyclic amines) is 1. The van der Waals surface area contributed by atoms with Crippen molar-refractivity contribution in [1.29, 1.82) is 0 Å². The molecule has 28 heavy (non-hydrogen) atoms. The Kier molecular flexibility index (Phi) is 6.74. The molecule has 0 aromatic heterocycles. The van der Waals surface area contributed by atoms with Crippen LogP contribution in [0.5, 0.6) is 0 Å². The first-order valence-electron chi connectivity index (χ1n) is 9.56. The molecule has 4 nitrogen and oxygen atoms in total. The van der Waals surface area contributed by atoms with Crippen LogP contribution in [0.4, 0.5) is 8.78 Å². The molecule has 0 spiro atoms. The summed E-state index contributed by atoms with van der Waals surface area (Å²) in [7, 11) is 0. The Balaban J connectivity index is 1.57. The van der Waals surface area contributed by atoms with Gasteiger partial charge in [0, 0.05) is 43.6 Å². The van der Waals surface area contributed by atoms with Crippen LogP contribution in [-0.4, -0.2) is 23.3 Å². The molecule has 1 aliphatic rings. The molecule has 1 heterocycles. The van der Waals surface area contributed by atoms with Gasteiger partial charge in [0.15, 0.2) is 0 Å². The number of halogens is 2. The molecule has 1 aliphatic heterocycles. The Morgan fingerprint density at radius 1 is 1.11 bits per heavy atom. The number of benzene rings is 2. The Hall–Kier alpha value is -2.76. The minimum Gasteiger partial charge on any atom is -0.352 e. The van der Waals surface area contributed by atoms with E-state index in [1.54, 1.807) is 0 Å². The smallest absolute Gasteiger partial charge is 0.226 e. The number of amides is 2. The second-order valence-electron chi connectivity index (χ2n) is 7.15. The third-order valence-electron chi connectivity index (χ3n) is 5.03. The van der Waals surface area contributed by atoms with Crippen LogP contribution in [0.15, 0.2) is 48.5 Å². The van der Waals surface area contributed by atoms with E-state index in [0.717, 1.165) is 30.5 Å². The summed E-state index contributed by atoms with van der Waals surface area (Å²) in [6.07, 6.45) is 2.55. The highest BCUT2D eigenvalue weighted by Gasteiger charge is 2.28. The highest BCUT2D eigenvalue weighted by atomic mass is 19.1. The molecule has 1 saturated heterocycles. The lowest BCUT2D eigenvalue weighted by Crippen LogP contribution is -2.37. The van der Waals surface area contributed by atoms with E-state index in [2.05, 4.69) is 5.32 Å². The van der Waals surface area contributed by atoms with E-state index in [-0.39, 0.29) is 36.3 Å². The maximum Gasteiger partial charge on any atom is 0.226 e. The molecular formula is C22H24F2N2O2. The lowest BCUT2D eigenvalue weighted by atomic mass is 9.98. The molecule has 1 atom stereocenters. The number of nitrogens with zero attached hydrogens (tertiary/aromatic N) is 1. The number of nitrogens with one attached hydrogen (secondary N) is 1. The summed E-state index contributed by atoms with van der Waals surface area (Å²) in [4.78, 5) is 27.0. The van der Waals surface area contributed by atoms with Crippen LogP contribution < -0.4 is 5.32 Å². The Morgan fingerprint density at radius 2 is 1.89 bits per heavy atom. The average molecular weight is 386 g/mol. The standard InChI is InChI=1S/C22H24F2N2O2/c23-19-10-9-18(20(24)13-19)14-25-21(27)12-17-8-4-5-11-26(22(17)28)15-16-6-2-1-3-7-16/h1-3,6-7,9-10,13,17H,4-5,8,11-12,14-15H2,(H,25,27). The van der Waals surface area contributed by atoms with Crippen molar-refractivity contribution in [3.63, 3.8) is 0 Å². The van der Waals surface area contributed by atoms with Crippen LogP contribution in [0.3, 0.4) is 0 Å². The van der Waals surface area contributed by atoms with Crippen LogP contribution in [0.1, 0.15) is 36.8 Å². The van der Waals surface area contributed by atoms with E-state index in [1.807, 2.05) is 35.2 Å². The molecule has 1 N–H and O–H groups in total. The van der Waals surface area contributed by atoms with Gasteiger partial charge < -0.3 is 10.2 Å². The molecule has 0 aliphatic carbocycles. The summed E-state index contributed by atoms with van der Waals surface area (Å²) in [6.45, 7) is 1.20. The predicted molar refractivity (Wildman–Crippen MR) is 102 cm³/mol. The monoisotopic (exact) mass is 386 g/mol. The molecule has 0 saturated carbocycles. The first-order chi connectivity index (χ1) is 13.5. The maximum absolute atomic E-state index is 13.7. The maximum atomic E-state index is 13.7. The predicted octanol–water partition coefficient (Wildman–Crippen LogP) is 3.80. The van der Waals surface area contributed by atoms with E-state index in [1.165, 1.54) is 6.07 Å². The Morgan fingerprint density at radius 3 is 2.64 bits per heavy atom. The van der Waals surface area contributed by atoms with Crippen LogP contribution in [-0.2, 0) is 22.7 Å². The highest BCUT2D eigenvalue weighted by Crippen LogP contribution is 2.22. The fourth-order valence-corrected chi connectivity index (χ4v) is 3.49. The van der Waals surface area contributed by atoms with Gasteiger partial charge in [-0.25, -0.2) is 8.78 Å². The molecule has 1 fully saturated rings. The SMILES string of the molecule is O=C(CC1CCCCN(Cc2ccccc2)C1=O)NCc1ccc(F)cc1F. The van der Waals surface area contributed by atoms with Crippen LogP contribution in [0.25, 0.3) is 0 Å². The van der Waals surface area contributed by atoms with Gasteiger partial charge in [-0.05, 0) is 24.5 Å². The fourth-order valence-electron chi connectivity index (χ4n) is 3.49. The molecule has 0 radical (unpaired) electrons. The number of carbonyl (C=O) groups is 2. The molecule has 0 bridgehead atoms. The van der Waals surface area contributed by atoms with Crippen molar-refractivity contribution in [2.75, 3.05) is 6.54 Å². The first-order valence-corrected chi connectivity index (χ1v) is 9.56. The molecule has 2 aromatic rings. The quantitative estimate of drug-likeness (QED) is 0.821. The van der Waals surface area contributed by atoms with Crippen molar-refractivity contribution in [2.45, 2.75) is 38.8 Å². The van der Waals surface area contributed by atoms with Gasteiger partial charge in [0.25, 0.3) is 0 Å². The second kappa shape index (κ2) is 9.44. The van der Waals surface area contributed by atoms with Crippen molar-refractivity contribution in [3.8, 4) is 0 Å². The van der Waals surface area contributed by atoms with Gasteiger partial charge in [-0.15, -0.1) is 0 Å². The normalized spacial score (nSPS) is 17.3. The van der Waals surface area contributed by atoms with Crippen molar-refractivity contribution in [1.82, 2.24) is 10.2 Å². The van der Waals surface area contributed by atoms with Gasteiger partial charge in [-0.1, -0.05) is 42.8 Å². The number of hydrogen-bond acceptors (Lipinski definition) is 2. The van der Waals surface area contributed by atoms with Crippen LogP contribution >= 0.6 is 0 Å². The Bertz CT molecular complexity index is 827. The largest absolute Gasteiger partial charge is 0.352 e. The summed E-state index contributed by atoms with van der Waals surface area (Å²) < 4.78 is 26.6. The topological polar surface area (TPSA) is 49.4 Å². The lowest BCUT2D eigenvalue weighted by molar-refractivity contribution is -0.138. The van der Waals surface area contributed by atoms with E-state index in [4.69, 9.17) is 0 Å². The number of hydrogen-bond donors (Lipinski definition) is 1. The van der Waals surface area contributed by atoms with E-state index in [9.17, 15) is 18.4 Å². The number of carbonyl (C=O) groups excluding carboxylic acids is 2. The highest BCUT2D eigenvalue weighted by molar-refractivity contribution is 5.86. The molecule has 2 amide bonds. The molecule has 1 unspecified atom stereocenters. The third kappa shape index (κ3) is 5.38. The molecule has 2 aromatic carbocycles. The van der Waals surface area contributed by atoms with Crippen molar-refractivity contribution >= 4 is 11.8 Å². The Labute approximate surface area is 163 Å². The fraction of sp³-hybridized carbons (Fsp3) is 0.364. The summed E-state index contributed by atoms with van der Waals surface area (Å²) in [6, 6.07) is 13.0. The summed E-state index contributed by atoms with van der Waals surface area (Å²) in [5.41, 5.74) is 1.28. The van der Waals surface area contributed by atoms with Gasteiger partial charge >= 0.3 is 0 Å². The molecular weight excluding hydrogens is 362 g/mol. The van der Waals surface area contributed by atoms with Crippen LogP contribution in [0.2, 0.25) is 0 Å². The zero-order valence-electron chi connectivity index (χ0n) is 15.7. The molecule has 148 valence electrons. The number of rotatable bonds is 6. The van der Waals surface area contributed by atoms with Crippen LogP contribution in [0, 0.1) is 17.6 Å². The molecule has 3 rings (SSSR count). The van der Waals surface area contributed by atoms with Gasteiger partial charge in [0.2, 0.25) is 11.8 Å². The minimum absolute atomic E-state index is 0.00975. The summed E-state index contributed by atoms with van der Waals surface area (Å²) >= 11 is 0. The lowest BCUT2D eigenvalue weighted by Gasteiger charge is -2.24. The second-order valence-corrected chi connectivity index (χ2v) is 7.15. The van der Waals surface area contributed by atoms with Crippen molar-refractivity contribution in [3.05, 3.63) is 71.3 Å².